The van der Waals surface area contributed by atoms with E-state index in [1.54, 1.807) is 23.9 Å². The van der Waals surface area contributed by atoms with Crippen molar-refractivity contribution in [1.82, 2.24) is 4.90 Å². The minimum absolute atomic E-state index is 0.0243. The minimum Gasteiger partial charge on any atom is -0.330 e. The average Bonchev–Trinajstić information content (AvgIpc) is 2.76. The van der Waals surface area contributed by atoms with Crippen LogP contribution in [0.15, 0.2) is 24.3 Å². The fourth-order valence-electron chi connectivity index (χ4n) is 1.21. The van der Waals surface area contributed by atoms with E-state index in [2.05, 4.69) is 0 Å². The van der Waals surface area contributed by atoms with Crippen LogP contribution in [0.25, 0.3) is 0 Å². The number of nitrogens with zero attached hydrogens (tertiary/aromatic N) is 2. The first-order valence-electron chi connectivity index (χ1n) is 3.82. The van der Waals surface area contributed by atoms with Crippen LogP contribution in [0.2, 0.25) is 0 Å². The molecule has 0 spiro atoms. The first kappa shape index (κ1) is 7.16. The van der Waals surface area contributed by atoms with Crippen molar-refractivity contribution in [1.29, 1.82) is 0 Å². The molecule has 3 heteroatoms. The first-order chi connectivity index (χ1) is 5.72. The van der Waals surface area contributed by atoms with E-state index in [4.69, 9.17) is 0 Å². The van der Waals surface area contributed by atoms with Gasteiger partial charge in [0.15, 0.2) is 0 Å². The van der Waals surface area contributed by atoms with Crippen LogP contribution in [0.5, 0.6) is 0 Å². The Morgan fingerprint density at radius 1 is 1.25 bits per heavy atom. The van der Waals surface area contributed by atoms with Crippen molar-refractivity contribution in [2.45, 2.75) is 0 Å². The molecule has 0 unspecified atom stereocenters. The molecule has 1 aliphatic rings. The van der Waals surface area contributed by atoms with E-state index >= 15 is 0 Å². The highest BCUT2D eigenvalue weighted by molar-refractivity contribution is 6.14. The number of rotatable bonds is 0. The number of carbonyl (C=O) groups is 1. The summed E-state index contributed by atoms with van der Waals surface area (Å²) in [5, 5.41) is 0. The van der Waals surface area contributed by atoms with Gasteiger partial charge in [0.25, 0.3) is 0 Å². The second kappa shape index (κ2) is 2.24. The van der Waals surface area contributed by atoms with E-state index in [-0.39, 0.29) is 6.03 Å². The number of fused-ring (bicyclic) bond motifs is 1. The third-order valence-electron chi connectivity index (χ3n) is 1.89. The van der Waals surface area contributed by atoms with Gasteiger partial charge in [0.05, 0.1) is 11.4 Å². The van der Waals surface area contributed by atoms with Crippen LogP contribution in [0, 0.1) is 0 Å². The fourth-order valence-corrected chi connectivity index (χ4v) is 1.21. The number of anilines is 2. The number of carbonyl (C=O) groups excluding carboxylic acids is 1. The number of hydrogen-bond donors (Lipinski definition) is 0. The standard InChI is InChI=1S/C9H10N2O/c1-10(2)9(12)11-7-5-3-4-6-8(7)11/h3-6H,1-2H3. The van der Waals surface area contributed by atoms with Crippen molar-refractivity contribution in [3.63, 3.8) is 0 Å². The molecule has 62 valence electrons. The molecule has 0 saturated carbocycles. The summed E-state index contributed by atoms with van der Waals surface area (Å²) < 4.78 is 0. The lowest BCUT2D eigenvalue weighted by atomic mass is 10.4. The summed E-state index contributed by atoms with van der Waals surface area (Å²) in [6, 6.07) is 7.77. The highest BCUT2D eigenvalue weighted by atomic mass is 16.2. The number of benzene rings is 1. The zero-order valence-corrected chi connectivity index (χ0v) is 7.11. The molecule has 2 rings (SSSR count). The summed E-state index contributed by atoms with van der Waals surface area (Å²) >= 11 is 0. The molecule has 2 amide bonds. The van der Waals surface area contributed by atoms with Crippen molar-refractivity contribution < 1.29 is 4.79 Å². The SMILES string of the molecule is CN(C)C(=O)N1c2ccccc21. The molecule has 1 heterocycles. The first-order valence-corrected chi connectivity index (χ1v) is 3.82. The van der Waals surface area contributed by atoms with Crippen molar-refractivity contribution >= 4 is 17.4 Å². The van der Waals surface area contributed by atoms with E-state index in [1.165, 1.54) is 0 Å². The second-order valence-corrected chi connectivity index (χ2v) is 3.00. The molecule has 3 nitrogen and oxygen atoms in total. The molecule has 0 aromatic heterocycles. The molecule has 0 bridgehead atoms. The monoisotopic (exact) mass is 162 g/mol. The maximum atomic E-state index is 11.4. The summed E-state index contributed by atoms with van der Waals surface area (Å²) in [5.41, 5.74) is 2.05. The van der Waals surface area contributed by atoms with Gasteiger partial charge in [-0.3, -0.25) is 4.90 Å². The van der Waals surface area contributed by atoms with Gasteiger partial charge < -0.3 is 4.90 Å². The third kappa shape index (κ3) is 0.863. The van der Waals surface area contributed by atoms with E-state index < -0.39 is 0 Å². The van der Waals surface area contributed by atoms with E-state index in [0.29, 0.717) is 0 Å². The number of para-hydroxylation sites is 2. The van der Waals surface area contributed by atoms with Gasteiger partial charge in [0.1, 0.15) is 0 Å². The largest absolute Gasteiger partial charge is 0.330 e. The average molecular weight is 162 g/mol. The predicted molar refractivity (Wildman–Crippen MR) is 47.7 cm³/mol. The molecule has 1 aromatic rings. The Bertz CT molecular complexity index is 310. The zero-order valence-electron chi connectivity index (χ0n) is 7.11. The fraction of sp³-hybridized carbons (Fsp3) is 0.222. The molecule has 0 atom stereocenters. The van der Waals surface area contributed by atoms with E-state index in [9.17, 15) is 4.79 Å². The van der Waals surface area contributed by atoms with Crippen LogP contribution in [-0.4, -0.2) is 25.0 Å². The Balaban J connectivity index is 2.21. The van der Waals surface area contributed by atoms with E-state index in [1.807, 2.05) is 24.3 Å². The number of hydrogen-bond acceptors (Lipinski definition) is 1. The minimum atomic E-state index is 0.0243. The van der Waals surface area contributed by atoms with Crippen molar-refractivity contribution in [2.75, 3.05) is 19.0 Å². The highest BCUT2D eigenvalue weighted by Gasteiger charge is 2.34. The Labute approximate surface area is 71.2 Å². The molecule has 1 aliphatic heterocycles. The van der Waals surface area contributed by atoms with Crippen LogP contribution < -0.4 is 4.90 Å². The lowest BCUT2D eigenvalue weighted by Gasteiger charge is -2.10. The summed E-state index contributed by atoms with van der Waals surface area (Å²) in [7, 11) is 3.50. The van der Waals surface area contributed by atoms with Crippen LogP contribution in [-0.2, 0) is 0 Å². The molecular weight excluding hydrogens is 152 g/mol. The smallest absolute Gasteiger partial charge is 0.328 e. The van der Waals surface area contributed by atoms with Gasteiger partial charge in [-0.25, -0.2) is 4.79 Å². The lowest BCUT2D eigenvalue weighted by molar-refractivity contribution is 0.228. The maximum Gasteiger partial charge on any atom is 0.328 e. The van der Waals surface area contributed by atoms with Crippen LogP contribution >= 0.6 is 0 Å². The normalized spacial score (nSPS) is 12.3. The summed E-state index contributed by atoms with van der Waals surface area (Å²) in [5.74, 6) is 0. The van der Waals surface area contributed by atoms with E-state index in [0.717, 1.165) is 11.4 Å². The molecule has 1 aromatic carbocycles. The molecule has 0 saturated heterocycles. The van der Waals surface area contributed by atoms with Crippen molar-refractivity contribution in [2.24, 2.45) is 0 Å². The quantitative estimate of drug-likeness (QED) is 0.534. The molecule has 0 fully saturated rings. The Morgan fingerprint density at radius 3 is 2.17 bits per heavy atom. The van der Waals surface area contributed by atoms with Gasteiger partial charge in [-0.1, -0.05) is 12.1 Å². The number of amides is 2. The van der Waals surface area contributed by atoms with Crippen molar-refractivity contribution in [3.8, 4) is 0 Å². The van der Waals surface area contributed by atoms with Crippen LogP contribution in [0.3, 0.4) is 0 Å². The topological polar surface area (TPSA) is 23.3 Å². The third-order valence-corrected chi connectivity index (χ3v) is 1.89. The van der Waals surface area contributed by atoms with Gasteiger partial charge in [0.2, 0.25) is 0 Å². The summed E-state index contributed by atoms with van der Waals surface area (Å²) in [6.07, 6.45) is 0. The Hall–Kier alpha value is -1.51. The zero-order chi connectivity index (χ0) is 8.72. The van der Waals surface area contributed by atoms with Gasteiger partial charge >= 0.3 is 6.03 Å². The molecular formula is C9H10N2O. The van der Waals surface area contributed by atoms with Crippen molar-refractivity contribution in [3.05, 3.63) is 24.3 Å². The van der Waals surface area contributed by atoms with Gasteiger partial charge in [-0.15, -0.1) is 0 Å². The Morgan fingerprint density at radius 2 is 1.75 bits per heavy atom. The molecule has 12 heavy (non-hydrogen) atoms. The Kier molecular flexibility index (Phi) is 1.33. The van der Waals surface area contributed by atoms with Gasteiger partial charge in [-0.2, -0.15) is 0 Å². The number of urea groups is 1. The highest BCUT2D eigenvalue weighted by Crippen LogP contribution is 2.47. The lowest BCUT2D eigenvalue weighted by Crippen LogP contribution is -2.28. The van der Waals surface area contributed by atoms with Crippen LogP contribution in [0.1, 0.15) is 0 Å². The maximum absolute atomic E-state index is 11.4. The summed E-state index contributed by atoms with van der Waals surface area (Å²) in [4.78, 5) is 14.7. The molecule has 0 aliphatic carbocycles. The van der Waals surface area contributed by atoms with Gasteiger partial charge in [-0.05, 0) is 12.1 Å². The van der Waals surface area contributed by atoms with Crippen LogP contribution in [0.4, 0.5) is 16.2 Å². The summed E-state index contributed by atoms with van der Waals surface area (Å²) in [6.45, 7) is 0. The second-order valence-electron chi connectivity index (χ2n) is 3.00. The predicted octanol–water partition coefficient (Wildman–Crippen LogP) is 1.82. The van der Waals surface area contributed by atoms with Gasteiger partial charge in [0, 0.05) is 14.1 Å². The molecule has 0 N–H and O–H groups in total. The molecule has 0 radical (unpaired) electrons.